The van der Waals surface area contributed by atoms with E-state index in [-0.39, 0.29) is 5.91 Å². The number of aliphatic hydroxyl groups is 1. The van der Waals surface area contributed by atoms with Gasteiger partial charge in [-0.2, -0.15) is 0 Å². The van der Waals surface area contributed by atoms with Crippen LogP contribution in [-0.2, 0) is 4.79 Å². The molecule has 0 saturated heterocycles. The van der Waals surface area contributed by atoms with Gasteiger partial charge in [0.05, 0.1) is 11.4 Å². The standard InChI is InChI=1S/C14H10ClNO2S/c15-9-5-6-13-11(7-9)16(14(18)8-17)10-3-1-2-4-12(10)19-13/h1-7,17H,8H2. The largest absolute Gasteiger partial charge is 0.387 e. The molecule has 0 atom stereocenters. The molecular weight excluding hydrogens is 282 g/mol. The lowest BCUT2D eigenvalue weighted by Crippen LogP contribution is -2.30. The minimum atomic E-state index is -0.537. The lowest BCUT2D eigenvalue weighted by molar-refractivity contribution is -0.120. The van der Waals surface area contributed by atoms with E-state index in [1.807, 2.05) is 30.3 Å². The first-order valence-electron chi connectivity index (χ1n) is 5.71. The topological polar surface area (TPSA) is 40.5 Å². The highest BCUT2D eigenvalue weighted by atomic mass is 35.5. The van der Waals surface area contributed by atoms with Crippen molar-refractivity contribution >= 4 is 40.6 Å². The first-order chi connectivity index (χ1) is 9.20. The average Bonchev–Trinajstić information content (AvgIpc) is 2.44. The number of carbonyl (C=O) groups is 1. The van der Waals surface area contributed by atoms with Gasteiger partial charge in [0, 0.05) is 14.8 Å². The molecule has 1 aliphatic heterocycles. The van der Waals surface area contributed by atoms with Gasteiger partial charge >= 0.3 is 0 Å². The second-order valence-corrected chi connectivity index (χ2v) is 5.59. The van der Waals surface area contributed by atoms with Crippen molar-refractivity contribution in [2.24, 2.45) is 0 Å². The molecule has 2 aromatic rings. The van der Waals surface area contributed by atoms with Gasteiger partial charge in [0.2, 0.25) is 0 Å². The number of hydrogen-bond acceptors (Lipinski definition) is 3. The zero-order valence-corrected chi connectivity index (χ0v) is 11.4. The van der Waals surface area contributed by atoms with Crippen LogP contribution in [0.1, 0.15) is 0 Å². The van der Waals surface area contributed by atoms with E-state index in [0.29, 0.717) is 5.02 Å². The molecule has 0 radical (unpaired) electrons. The number of aliphatic hydroxyl groups excluding tert-OH is 1. The van der Waals surface area contributed by atoms with Crippen LogP contribution in [0.3, 0.4) is 0 Å². The van der Waals surface area contributed by atoms with Crippen LogP contribution in [0.15, 0.2) is 52.3 Å². The zero-order valence-electron chi connectivity index (χ0n) is 9.84. The Morgan fingerprint density at radius 3 is 2.68 bits per heavy atom. The van der Waals surface area contributed by atoms with E-state index in [1.54, 1.807) is 23.9 Å². The number of hydrogen-bond donors (Lipinski definition) is 1. The zero-order chi connectivity index (χ0) is 13.4. The minimum absolute atomic E-state index is 0.365. The van der Waals surface area contributed by atoms with Crippen molar-refractivity contribution < 1.29 is 9.90 Å². The second-order valence-electron chi connectivity index (χ2n) is 4.07. The number of fused-ring (bicyclic) bond motifs is 2. The van der Waals surface area contributed by atoms with Crippen LogP contribution in [0.5, 0.6) is 0 Å². The molecule has 3 rings (SSSR count). The molecule has 0 spiro atoms. The lowest BCUT2D eigenvalue weighted by atomic mass is 10.2. The molecule has 5 heteroatoms. The van der Waals surface area contributed by atoms with Crippen molar-refractivity contribution in [2.45, 2.75) is 9.79 Å². The molecule has 0 aromatic heterocycles. The molecule has 96 valence electrons. The van der Waals surface area contributed by atoms with Gasteiger partial charge in [0.1, 0.15) is 6.61 Å². The van der Waals surface area contributed by atoms with E-state index in [1.165, 1.54) is 4.90 Å². The normalized spacial score (nSPS) is 12.8. The number of para-hydroxylation sites is 1. The van der Waals surface area contributed by atoms with Gasteiger partial charge in [0.15, 0.2) is 0 Å². The van der Waals surface area contributed by atoms with E-state index in [9.17, 15) is 9.90 Å². The van der Waals surface area contributed by atoms with Gasteiger partial charge in [0.25, 0.3) is 5.91 Å². The van der Waals surface area contributed by atoms with Crippen LogP contribution in [0.25, 0.3) is 0 Å². The predicted octanol–water partition coefficient (Wildman–Crippen LogP) is 3.46. The number of nitrogens with zero attached hydrogens (tertiary/aromatic N) is 1. The van der Waals surface area contributed by atoms with Crippen molar-refractivity contribution in [3.05, 3.63) is 47.5 Å². The molecule has 1 N–H and O–H groups in total. The number of benzene rings is 2. The molecule has 3 nitrogen and oxygen atoms in total. The summed E-state index contributed by atoms with van der Waals surface area (Å²) in [5.74, 6) is -0.365. The van der Waals surface area contributed by atoms with Gasteiger partial charge in [-0.25, -0.2) is 0 Å². The van der Waals surface area contributed by atoms with Crippen LogP contribution in [0.4, 0.5) is 11.4 Å². The van der Waals surface area contributed by atoms with Crippen molar-refractivity contribution in [1.82, 2.24) is 0 Å². The molecule has 0 bridgehead atoms. The van der Waals surface area contributed by atoms with Crippen LogP contribution in [-0.4, -0.2) is 17.6 Å². The Balaban J connectivity index is 2.22. The van der Waals surface area contributed by atoms with Gasteiger partial charge < -0.3 is 5.11 Å². The summed E-state index contributed by atoms with van der Waals surface area (Å²) in [5, 5.41) is 9.74. The summed E-state index contributed by atoms with van der Waals surface area (Å²) in [6.07, 6.45) is 0. The quantitative estimate of drug-likeness (QED) is 0.875. The number of amides is 1. The smallest absolute Gasteiger partial charge is 0.257 e. The van der Waals surface area contributed by atoms with Gasteiger partial charge in [-0.05, 0) is 30.3 Å². The first kappa shape index (κ1) is 12.5. The maximum Gasteiger partial charge on any atom is 0.257 e. The Morgan fingerprint density at radius 1 is 1.16 bits per heavy atom. The molecule has 0 unspecified atom stereocenters. The third-order valence-corrected chi connectivity index (χ3v) is 4.24. The molecular formula is C14H10ClNO2S. The predicted molar refractivity (Wildman–Crippen MR) is 76.2 cm³/mol. The third-order valence-electron chi connectivity index (χ3n) is 2.87. The number of carbonyl (C=O) groups excluding carboxylic acids is 1. The highest BCUT2D eigenvalue weighted by molar-refractivity contribution is 7.99. The van der Waals surface area contributed by atoms with Crippen LogP contribution in [0.2, 0.25) is 5.02 Å². The van der Waals surface area contributed by atoms with Crippen molar-refractivity contribution in [3.63, 3.8) is 0 Å². The Bertz CT molecular complexity index is 660. The van der Waals surface area contributed by atoms with Gasteiger partial charge in [-0.15, -0.1) is 0 Å². The fraction of sp³-hybridized carbons (Fsp3) is 0.0714. The van der Waals surface area contributed by atoms with Gasteiger partial charge in [-0.1, -0.05) is 35.5 Å². The Labute approximate surface area is 119 Å². The monoisotopic (exact) mass is 291 g/mol. The Hall–Kier alpha value is -1.49. The van der Waals surface area contributed by atoms with E-state index in [2.05, 4.69) is 0 Å². The van der Waals surface area contributed by atoms with E-state index in [0.717, 1.165) is 21.2 Å². The summed E-state index contributed by atoms with van der Waals surface area (Å²) in [5.41, 5.74) is 1.50. The number of rotatable bonds is 1. The minimum Gasteiger partial charge on any atom is -0.387 e. The van der Waals surface area contributed by atoms with Crippen LogP contribution < -0.4 is 4.90 Å². The maximum atomic E-state index is 12.0. The van der Waals surface area contributed by atoms with E-state index < -0.39 is 6.61 Å². The van der Waals surface area contributed by atoms with Crippen molar-refractivity contribution in [3.8, 4) is 0 Å². The summed E-state index contributed by atoms with van der Waals surface area (Å²) in [6, 6.07) is 13.0. The number of anilines is 2. The van der Waals surface area contributed by atoms with Crippen molar-refractivity contribution in [2.75, 3.05) is 11.5 Å². The summed E-state index contributed by atoms with van der Waals surface area (Å²) in [7, 11) is 0. The molecule has 19 heavy (non-hydrogen) atoms. The SMILES string of the molecule is O=C(CO)N1c2ccccc2Sc2ccc(Cl)cc21. The molecule has 0 fully saturated rings. The van der Waals surface area contributed by atoms with E-state index >= 15 is 0 Å². The average molecular weight is 292 g/mol. The summed E-state index contributed by atoms with van der Waals surface area (Å²) in [6.45, 7) is -0.537. The summed E-state index contributed by atoms with van der Waals surface area (Å²) in [4.78, 5) is 15.5. The fourth-order valence-electron chi connectivity index (χ4n) is 2.07. The molecule has 1 aliphatic rings. The fourth-order valence-corrected chi connectivity index (χ4v) is 3.27. The second kappa shape index (κ2) is 4.89. The molecule has 1 amide bonds. The van der Waals surface area contributed by atoms with Crippen molar-refractivity contribution in [1.29, 1.82) is 0 Å². The van der Waals surface area contributed by atoms with Crippen LogP contribution >= 0.6 is 23.4 Å². The molecule has 2 aromatic carbocycles. The highest BCUT2D eigenvalue weighted by Gasteiger charge is 2.27. The summed E-state index contributed by atoms with van der Waals surface area (Å²) >= 11 is 7.60. The third kappa shape index (κ3) is 2.12. The maximum absolute atomic E-state index is 12.0. The number of halogens is 1. The highest BCUT2D eigenvalue weighted by Crippen LogP contribution is 2.48. The molecule has 0 aliphatic carbocycles. The molecule has 0 saturated carbocycles. The molecule has 1 heterocycles. The van der Waals surface area contributed by atoms with E-state index in [4.69, 9.17) is 11.6 Å². The first-order valence-corrected chi connectivity index (χ1v) is 6.90. The summed E-state index contributed by atoms with van der Waals surface area (Å²) < 4.78 is 0. The Kier molecular flexibility index (Phi) is 3.22. The van der Waals surface area contributed by atoms with Crippen LogP contribution in [0, 0.1) is 0 Å². The van der Waals surface area contributed by atoms with Gasteiger partial charge in [-0.3, -0.25) is 9.69 Å². The lowest BCUT2D eigenvalue weighted by Gasteiger charge is -2.30. The Morgan fingerprint density at radius 2 is 1.89 bits per heavy atom.